The molecule has 0 radical (unpaired) electrons. The summed E-state index contributed by atoms with van der Waals surface area (Å²) in [5.74, 6) is 0.568. The number of rotatable bonds is 5. The Balaban J connectivity index is 1.98. The van der Waals surface area contributed by atoms with Gasteiger partial charge in [-0.15, -0.1) is 0 Å². The van der Waals surface area contributed by atoms with E-state index < -0.39 is 0 Å². The smallest absolute Gasteiger partial charge is 0.295 e. The van der Waals surface area contributed by atoms with Gasteiger partial charge in [0.25, 0.3) is 5.56 Å². The minimum absolute atomic E-state index is 0.164. The summed E-state index contributed by atoms with van der Waals surface area (Å²) in [5, 5.41) is 7.04. The van der Waals surface area contributed by atoms with Crippen LogP contribution < -0.4 is 21.3 Å². The molecule has 96 valence electrons. The molecular formula is C10H14N6O2. The van der Waals surface area contributed by atoms with Crippen molar-refractivity contribution in [3.63, 3.8) is 0 Å². The first-order valence-electron chi connectivity index (χ1n) is 5.34. The summed E-state index contributed by atoms with van der Waals surface area (Å²) in [7, 11) is 1.42. The standard InChI is InChI=1S/C10H14N6O2/c1-18-8-9(13-6-14-10(8)17)12-2-3-16-5-7(11)4-15-16/h4-6H,2-3,11H2,1H3,(H2,12,13,14,17). The van der Waals surface area contributed by atoms with Crippen LogP contribution in [0, 0.1) is 0 Å². The second-order valence-electron chi connectivity index (χ2n) is 3.58. The number of aromatic amines is 1. The predicted octanol–water partition coefficient (Wildman–Crippen LogP) is -0.331. The van der Waals surface area contributed by atoms with Crippen LogP contribution in [0.2, 0.25) is 0 Å². The Morgan fingerprint density at radius 1 is 1.61 bits per heavy atom. The maximum absolute atomic E-state index is 11.4. The van der Waals surface area contributed by atoms with Gasteiger partial charge in [0.05, 0.1) is 31.9 Å². The number of nitrogen functional groups attached to an aromatic ring is 1. The highest BCUT2D eigenvalue weighted by molar-refractivity contribution is 5.47. The number of nitrogens with one attached hydrogen (secondary N) is 2. The molecule has 18 heavy (non-hydrogen) atoms. The minimum atomic E-state index is -0.321. The van der Waals surface area contributed by atoms with Gasteiger partial charge in [0, 0.05) is 12.7 Å². The second-order valence-corrected chi connectivity index (χ2v) is 3.58. The Kier molecular flexibility index (Phi) is 3.46. The van der Waals surface area contributed by atoms with Crippen LogP contribution in [0.4, 0.5) is 11.5 Å². The number of anilines is 2. The van der Waals surface area contributed by atoms with E-state index >= 15 is 0 Å². The molecule has 0 aromatic carbocycles. The molecule has 2 aromatic heterocycles. The second kappa shape index (κ2) is 5.21. The number of nitrogens with zero attached hydrogens (tertiary/aromatic N) is 3. The number of H-pyrrole nitrogens is 1. The quantitative estimate of drug-likeness (QED) is 0.670. The van der Waals surface area contributed by atoms with Crippen molar-refractivity contribution in [2.45, 2.75) is 6.54 Å². The third-order valence-corrected chi connectivity index (χ3v) is 2.30. The van der Waals surface area contributed by atoms with Crippen LogP contribution in [-0.4, -0.2) is 33.4 Å². The Bertz CT molecular complexity index is 576. The van der Waals surface area contributed by atoms with Gasteiger partial charge in [-0.25, -0.2) is 4.98 Å². The molecule has 0 aliphatic rings. The topological polar surface area (TPSA) is 111 Å². The highest BCUT2D eigenvalue weighted by Gasteiger charge is 2.07. The van der Waals surface area contributed by atoms with Gasteiger partial charge in [-0.3, -0.25) is 9.48 Å². The fourth-order valence-corrected chi connectivity index (χ4v) is 1.49. The lowest BCUT2D eigenvalue weighted by atomic mass is 10.5. The van der Waals surface area contributed by atoms with E-state index in [2.05, 4.69) is 20.4 Å². The molecule has 8 nitrogen and oxygen atoms in total. The first-order chi connectivity index (χ1) is 8.70. The third-order valence-electron chi connectivity index (χ3n) is 2.30. The van der Waals surface area contributed by atoms with Crippen molar-refractivity contribution in [2.24, 2.45) is 0 Å². The lowest BCUT2D eigenvalue weighted by Gasteiger charge is -2.08. The van der Waals surface area contributed by atoms with E-state index in [-0.39, 0.29) is 11.3 Å². The fourth-order valence-electron chi connectivity index (χ4n) is 1.49. The summed E-state index contributed by atoms with van der Waals surface area (Å²) in [6.07, 6.45) is 4.62. The average molecular weight is 250 g/mol. The molecule has 0 fully saturated rings. The van der Waals surface area contributed by atoms with Crippen LogP contribution in [-0.2, 0) is 6.54 Å². The number of ether oxygens (including phenoxy) is 1. The Morgan fingerprint density at radius 3 is 3.11 bits per heavy atom. The maximum Gasteiger partial charge on any atom is 0.295 e. The molecule has 0 saturated carbocycles. The zero-order valence-electron chi connectivity index (χ0n) is 9.88. The molecule has 4 N–H and O–H groups in total. The Hall–Kier alpha value is -2.51. The molecule has 0 bridgehead atoms. The van der Waals surface area contributed by atoms with E-state index in [4.69, 9.17) is 10.5 Å². The molecule has 0 atom stereocenters. The van der Waals surface area contributed by atoms with Crippen molar-refractivity contribution in [1.82, 2.24) is 19.7 Å². The summed E-state index contributed by atoms with van der Waals surface area (Å²) in [5.41, 5.74) is 5.84. The van der Waals surface area contributed by atoms with Gasteiger partial charge in [-0.1, -0.05) is 0 Å². The number of methoxy groups -OCH3 is 1. The van der Waals surface area contributed by atoms with Crippen molar-refractivity contribution in [3.8, 4) is 5.75 Å². The highest BCUT2D eigenvalue weighted by Crippen LogP contribution is 2.13. The third kappa shape index (κ3) is 2.59. The lowest BCUT2D eigenvalue weighted by Crippen LogP contribution is -2.17. The van der Waals surface area contributed by atoms with Gasteiger partial charge in [-0.05, 0) is 0 Å². The van der Waals surface area contributed by atoms with Gasteiger partial charge in [0.15, 0.2) is 5.82 Å². The van der Waals surface area contributed by atoms with Crippen molar-refractivity contribution in [1.29, 1.82) is 0 Å². The van der Waals surface area contributed by atoms with Gasteiger partial charge < -0.3 is 20.8 Å². The predicted molar refractivity (Wildman–Crippen MR) is 66.5 cm³/mol. The van der Waals surface area contributed by atoms with Gasteiger partial charge >= 0.3 is 0 Å². The van der Waals surface area contributed by atoms with E-state index in [1.807, 2.05) is 0 Å². The summed E-state index contributed by atoms with van der Waals surface area (Å²) < 4.78 is 6.67. The summed E-state index contributed by atoms with van der Waals surface area (Å²) in [4.78, 5) is 17.9. The zero-order valence-corrected chi connectivity index (χ0v) is 9.88. The lowest BCUT2D eigenvalue weighted by molar-refractivity contribution is 0.408. The zero-order chi connectivity index (χ0) is 13.0. The monoisotopic (exact) mass is 250 g/mol. The normalized spacial score (nSPS) is 10.3. The summed E-state index contributed by atoms with van der Waals surface area (Å²) in [6.45, 7) is 1.16. The first-order valence-corrected chi connectivity index (χ1v) is 5.34. The fraction of sp³-hybridized carbons (Fsp3) is 0.300. The van der Waals surface area contributed by atoms with Crippen LogP contribution in [0.1, 0.15) is 0 Å². The van der Waals surface area contributed by atoms with Crippen molar-refractivity contribution < 1.29 is 4.74 Å². The van der Waals surface area contributed by atoms with E-state index in [0.717, 1.165) is 0 Å². The maximum atomic E-state index is 11.4. The molecule has 2 rings (SSSR count). The average Bonchev–Trinajstić information content (AvgIpc) is 2.75. The van der Waals surface area contributed by atoms with Crippen LogP contribution in [0.5, 0.6) is 5.75 Å². The van der Waals surface area contributed by atoms with Crippen LogP contribution >= 0.6 is 0 Å². The van der Waals surface area contributed by atoms with Crippen molar-refractivity contribution in [3.05, 3.63) is 29.1 Å². The number of nitrogens with two attached hydrogens (primary N) is 1. The highest BCUT2D eigenvalue weighted by atomic mass is 16.5. The molecule has 2 heterocycles. The molecule has 8 heteroatoms. The number of aromatic nitrogens is 4. The molecule has 0 unspecified atom stereocenters. The van der Waals surface area contributed by atoms with Crippen molar-refractivity contribution in [2.75, 3.05) is 24.7 Å². The van der Waals surface area contributed by atoms with E-state index in [1.165, 1.54) is 13.4 Å². The SMILES string of the molecule is COc1c(NCCn2cc(N)cn2)nc[nH]c1=O. The Morgan fingerprint density at radius 2 is 2.44 bits per heavy atom. The van der Waals surface area contributed by atoms with Crippen molar-refractivity contribution >= 4 is 11.5 Å². The van der Waals surface area contributed by atoms with E-state index in [1.54, 1.807) is 17.1 Å². The largest absolute Gasteiger partial charge is 0.489 e. The summed E-state index contributed by atoms with van der Waals surface area (Å²) >= 11 is 0. The summed E-state index contributed by atoms with van der Waals surface area (Å²) in [6, 6.07) is 0. The van der Waals surface area contributed by atoms with Crippen LogP contribution in [0.15, 0.2) is 23.5 Å². The van der Waals surface area contributed by atoms with Gasteiger partial charge in [-0.2, -0.15) is 5.10 Å². The molecule has 0 aliphatic heterocycles. The van der Waals surface area contributed by atoms with Crippen LogP contribution in [0.3, 0.4) is 0 Å². The number of hydrogen-bond donors (Lipinski definition) is 3. The van der Waals surface area contributed by atoms with E-state index in [0.29, 0.717) is 24.6 Å². The molecule has 0 spiro atoms. The van der Waals surface area contributed by atoms with E-state index in [9.17, 15) is 4.79 Å². The minimum Gasteiger partial charge on any atom is -0.489 e. The first kappa shape index (κ1) is 12.0. The molecule has 0 amide bonds. The molecule has 0 saturated heterocycles. The molecule has 0 aliphatic carbocycles. The Labute approximate surface area is 103 Å². The molecule has 2 aromatic rings. The molecular weight excluding hydrogens is 236 g/mol. The number of hydrogen-bond acceptors (Lipinski definition) is 6. The van der Waals surface area contributed by atoms with Gasteiger partial charge in [0.2, 0.25) is 5.75 Å². The van der Waals surface area contributed by atoms with Crippen LogP contribution in [0.25, 0.3) is 0 Å². The van der Waals surface area contributed by atoms with Gasteiger partial charge in [0.1, 0.15) is 0 Å².